The molecule has 2 aromatic rings. The summed E-state index contributed by atoms with van der Waals surface area (Å²) in [7, 11) is 0. The van der Waals surface area contributed by atoms with E-state index in [0.717, 1.165) is 0 Å². The first-order valence-electron chi connectivity index (χ1n) is 10.1. The van der Waals surface area contributed by atoms with Crippen LogP contribution in [-0.4, -0.2) is 69.9 Å². The molecule has 1 aliphatic heterocycles. The number of phenolic OH excluding ortho intramolecular Hbond substituents is 1. The van der Waals surface area contributed by atoms with Gasteiger partial charge in [0.25, 0.3) is 0 Å². The minimum atomic E-state index is -0.605. The maximum Gasteiger partial charge on any atom is 0.410 e. The zero-order valence-corrected chi connectivity index (χ0v) is 17.9. The van der Waals surface area contributed by atoms with Crippen LogP contribution in [0.25, 0.3) is 0 Å². The van der Waals surface area contributed by atoms with Crippen LogP contribution in [0.4, 0.5) is 15.3 Å². The van der Waals surface area contributed by atoms with Gasteiger partial charge in [0, 0.05) is 31.5 Å². The van der Waals surface area contributed by atoms with Crippen LogP contribution in [0.15, 0.2) is 48.8 Å². The number of rotatable bonds is 4. The summed E-state index contributed by atoms with van der Waals surface area (Å²) in [5.41, 5.74) is -0.0455. The molecule has 0 radical (unpaired) electrons. The van der Waals surface area contributed by atoms with E-state index in [9.17, 15) is 14.7 Å². The second-order valence-electron chi connectivity index (χ2n) is 8.25. The highest BCUT2D eigenvalue weighted by Gasteiger charge is 2.35. The molecule has 1 fully saturated rings. The van der Waals surface area contributed by atoms with E-state index in [1.54, 1.807) is 46.5 Å². The first kappa shape index (κ1) is 22.2. The molecule has 1 atom stereocenters. The van der Waals surface area contributed by atoms with E-state index in [0.29, 0.717) is 24.5 Å². The number of amides is 3. The molecule has 1 aliphatic rings. The van der Waals surface area contributed by atoms with Gasteiger partial charge in [0.1, 0.15) is 23.7 Å². The zero-order valence-electron chi connectivity index (χ0n) is 17.9. The quantitative estimate of drug-likeness (QED) is 0.724. The van der Waals surface area contributed by atoms with Crippen molar-refractivity contribution in [3.05, 3.63) is 48.8 Å². The lowest BCUT2D eigenvalue weighted by Gasteiger charge is -2.41. The Hall–Kier alpha value is -3.49. The van der Waals surface area contributed by atoms with Crippen molar-refractivity contribution in [3.63, 3.8) is 0 Å². The fraction of sp³-hybridized carbons (Fsp3) is 0.409. The van der Waals surface area contributed by atoms with Crippen LogP contribution in [0.3, 0.4) is 0 Å². The van der Waals surface area contributed by atoms with E-state index in [1.165, 1.54) is 12.1 Å². The van der Waals surface area contributed by atoms with Gasteiger partial charge in [-0.3, -0.25) is 4.98 Å². The first-order valence-corrected chi connectivity index (χ1v) is 10.1. The highest BCUT2D eigenvalue weighted by Crippen LogP contribution is 2.19. The number of phenols is 1. The highest BCUT2D eigenvalue weighted by molar-refractivity contribution is 5.89. The van der Waals surface area contributed by atoms with Crippen LogP contribution in [0.5, 0.6) is 11.5 Å². The number of hydrogen-bond acceptors (Lipinski definition) is 6. The second-order valence-corrected chi connectivity index (χ2v) is 8.25. The van der Waals surface area contributed by atoms with E-state index in [4.69, 9.17) is 9.47 Å². The monoisotopic (exact) mass is 428 g/mol. The average molecular weight is 428 g/mol. The fourth-order valence-corrected chi connectivity index (χ4v) is 3.12. The van der Waals surface area contributed by atoms with E-state index < -0.39 is 17.7 Å². The summed E-state index contributed by atoms with van der Waals surface area (Å²) < 4.78 is 11.3. The number of nitrogens with zero attached hydrogens (tertiary/aromatic N) is 3. The molecular formula is C22H28N4O5. The Bertz CT molecular complexity index is 883. The number of benzene rings is 1. The minimum absolute atomic E-state index is 0.117. The molecule has 166 valence electrons. The number of aromatic hydroxyl groups is 1. The smallest absolute Gasteiger partial charge is 0.410 e. The van der Waals surface area contributed by atoms with Gasteiger partial charge in [0.15, 0.2) is 0 Å². The van der Waals surface area contributed by atoms with Gasteiger partial charge < -0.3 is 29.7 Å². The lowest BCUT2D eigenvalue weighted by Crippen LogP contribution is -2.59. The van der Waals surface area contributed by atoms with Gasteiger partial charge in [-0.05, 0) is 57.2 Å². The largest absolute Gasteiger partial charge is 0.508 e. The Labute approximate surface area is 181 Å². The molecule has 0 saturated carbocycles. The average Bonchev–Trinajstić information content (AvgIpc) is 2.73. The minimum Gasteiger partial charge on any atom is -0.508 e. The van der Waals surface area contributed by atoms with Gasteiger partial charge in [0.2, 0.25) is 0 Å². The van der Waals surface area contributed by atoms with Crippen LogP contribution in [0, 0.1) is 0 Å². The Morgan fingerprint density at radius 2 is 1.94 bits per heavy atom. The van der Waals surface area contributed by atoms with Crippen molar-refractivity contribution in [2.75, 3.05) is 31.6 Å². The molecule has 9 nitrogen and oxygen atoms in total. The van der Waals surface area contributed by atoms with Crippen LogP contribution in [-0.2, 0) is 4.74 Å². The molecule has 3 rings (SSSR count). The van der Waals surface area contributed by atoms with E-state index in [-0.39, 0.29) is 24.9 Å². The lowest BCUT2D eigenvalue weighted by molar-refractivity contribution is 0.00539. The molecule has 3 amide bonds. The summed E-state index contributed by atoms with van der Waals surface area (Å²) in [5, 5.41) is 12.3. The number of aromatic nitrogens is 1. The SMILES string of the molecule is CC(C)(C)OC(=O)N1CCN(C(=O)Nc2ccc(O)cc2)[C@@H](COc2cccnc2)C1. The van der Waals surface area contributed by atoms with Crippen molar-refractivity contribution in [3.8, 4) is 11.5 Å². The predicted molar refractivity (Wildman–Crippen MR) is 115 cm³/mol. The van der Waals surface area contributed by atoms with E-state index in [2.05, 4.69) is 10.3 Å². The first-order chi connectivity index (χ1) is 14.7. The molecule has 1 aromatic heterocycles. The third-order valence-electron chi connectivity index (χ3n) is 4.59. The molecular weight excluding hydrogens is 400 g/mol. The number of hydrogen-bond donors (Lipinski definition) is 2. The molecule has 1 saturated heterocycles. The van der Waals surface area contributed by atoms with Gasteiger partial charge in [0.05, 0.1) is 12.2 Å². The van der Waals surface area contributed by atoms with E-state index in [1.807, 2.05) is 20.8 Å². The van der Waals surface area contributed by atoms with Crippen LogP contribution >= 0.6 is 0 Å². The summed E-state index contributed by atoms with van der Waals surface area (Å²) in [6.07, 6.45) is 2.82. The predicted octanol–water partition coefficient (Wildman–Crippen LogP) is 3.32. The summed E-state index contributed by atoms with van der Waals surface area (Å²) >= 11 is 0. The van der Waals surface area contributed by atoms with Crippen molar-refractivity contribution in [1.82, 2.24) is 14.8 Å². The molecule has 9 heteroatoms. The Kier molecular flexibility index (Phi) is 6.84. The van der Waals surface area contributed by atoms with E-state index >= 15 is 0 Å². The Morgan fingerprint density at radius 3 is 2.58 bits per heavy atom. The number of carbonyl (C=O) groups is 2. The number of urea groups is 1. The van der Waals surface area contributed by atoms with Crippen molar-refractivity contribution < 1.29 is 24.2 Å². The van der Waals surface area contributed by atoms with Crippen LogP contribution in [0.1, 0.15) is 20.8 Å². The lowest BCUT2D eigenvalue weighted by atomic mass is 10.2. The molecule has 2 heterocycles. The second kappa shape index (κ2) is 9.55. The van der Waals surface area contributed by atoms with Gasteiger partial charge in [-0.15, -0.1) is 0 Å². The van der Waals surface area contributed by atoms with Crippen LogP contribution < -0.4 is 10.1 Å². The molecule has 0 spiro atoms. The van der Waals surface area contributed by atoms with Gasteiger partial charge in [-0.2, -0.15) is 0 Å². The summed E-state index contributed by atoms with van der Waals surface area (Å²) in [6.45, 7) is 6.58. The molecule has 1 aromatic carbocycles. The number of carbonyl (C=O) groups excluding carboxylic acids is 2. The molecule has 0 unspecified atom stereocenters. The standard InChI is InChI=1S/C22H28N4O5/c1-22(2,3)31-21(29)25-11-12-26(20(28)24-16-6-8-18(27)9-7-16)17(14-25)15-30-19-5-4-10-23-13-19/h4-10,13,17,27H,11-12,14-15H2,1-3H3,(H,24,28)/t17-/m1/s1. The number of piperazine rings is 1. The number of anilines is 1. The van der Waals surface area contributed by atoms with Gasteiger partial charge in [-0.25, -0.2) is 9.59 Å². The molecule has 0 aliphatic carbocycles. The fourth-order valence-electron chi connectivity index (χ4n) is 3.12. The normalized spacial score (nSPS) is 16.5. The zero-order chi connectivity index (χ0) is 22.4. The van der Waals surface area contributed by atoms with Gasteiger partial charge in [-0.1, -0.05) is 0 Å². The summed E-state index contributed by atoms with van der Waals surface area (Å²) in [5.74, 6) is 0.697. The summed E-state index contributed by atoms with van der Waals surface area (Å²) in [6, 6.07) is 9.07. The van der Waals surface area contributed by atoms with Crippen molar-refractivity contribution >= 4 is 17.8 Å². The topological polar surface area (TPSA) is 104 Å². The van der Waals surface area contributed by atoms with Crippen molar-refractivity contribution in [2.45, 2.75) is 32.4 Å². The maximum atomic E-state index is 12.9. The summed E-state index contributed by atoms with van der Waals surface area (Å²) in [4.78, 5) is 32.7. The molecule has 31 heavy (non-hydrogen) atoms. The number of ether oxygens (including phenoxy) is 2. The molecule has 0 bridgehead atoms. The highest BCUT2D eigenvalue weighted by atomic mass is 16.6. The number of pyridine rings is 1. The van der Waals surface area contributed by atoms with Crippen LogP contribution in [0.2, 0.25) is 0 Å². The third-order valence-corrected chi connectivity index (χ3v) is 4.59. The Morgan fingerprint density at radius 1 is 1.19 bits per heavy atom. The Balaban J connectivity index is 1.70. The third kappa shape index (κ3) is 6.50. The van der Waals surface area contributed by atoms with Crippen molar-refractivity contribution in [1.29, 1.82) is 0 Å². The van der Waals surface area contributed by atoms with Gasteiger partial charge >= 0.3 is 12.1 Å². The maximum absolute atomic E-state index is 12.9. The van der Waals surface area contributed by atoms with Crippen molar-refractivity contribution in [2.24, 2.45) is 0 Å². The number of nitrogens with one attached hydrogen (secondary N) is 1. The molecule has 2 N–H and O–H groups in total.